The fraction of sp³-hybridized carbons (Fsp3) is 0.250. The van der Waals surface area contributed by atoms with Gasteiger partial charge in [0.15, 0.2) is 0 Å². The van der Waals surface area contributed by atoms with Crippen LogP contribution in [0, 0.1) is 6.92 Å². The van der Waals surface area contributed by atoms with E-state index in [0.29, 0.717) is 17.9 Å². The number of nitrogens with one attached hydrogen (secondary N) is 1. The molecule has 0 fully saturated rings. The summed E-state index contributed by atoms with van der Waals surface area (Å²) in [6.07, 6.45) is 1.43. The number of hydrogen-bond donors (Lipinski definition) is 1. The second-order valence-corrected chi connectivity index (χ2v) is 4.97. The third-order valence-corrected chi connectivity index (χ3v) is 3.12. The van der Waals surface area contributed by atoms with E-state index in [1.807, 2.05) is 25.1 Å². The lowest BCUT2D eigenvalue weighted by Gasteiger charge is -2.17. The van der Waals surface area contributed by atoms with E-state index in [4.69, 9.17) is 0 Å². The summed E-state index contributed by atoms with van der Waals surface area (Å²) in [5, 5.41) is 6.49. The average Bonchev–Trinajstić information content (AvgIpc) is 2.84. The van der Waals surface area contributed by atoms with Crippen LogP contribution >= 0.6 is 15.9 Å². The maximum Gasteiger partial charge on any atom is 0.254 e. The van der Waals surface area contributed by atoms with Gasteiger partial charge >= 0.3 is 0 Å². The molecular formula is C12H13BrN4O. The number of carbonyl (C=O) groups excluding carboxylic acids is 1. The third-order valence-electron chi connectivity index (χ3n) is 2.63. The molecule has 0 atom stereocenters. The SMILES string of the molecule is Cc1ccc(Br)cc1C(=O)N(C)Cc1ncn[nH]1. The van der Waals surface area contributed by atoms with Gasteiger partial charge in [0.05, 0.1) is 6.54 Å². The molecule has 0 aliphatic rings. The lowest BCUT2D eigenvalue weighted by atomic mass is 10.1. The number of aryl methyl sites for hydroxylation is 1. The molecule has 1 aromatic heterocycles. The fourth-order valence-electron chi connectivity index (χ4n) is 1.63. The van der Waals surface area contributed by atoms with Gasteiger partial charge in [-0.3, -0.25) is 9.89 Å². The first-order valence-electron chi connectivity index (χ1n) is 5.44. The highest BCUT2D eigenvalue weighted by Crippen LogP contribution is 2.17. The molecule has 0 bridgehead atoms. The van der Waals surface area contributed by atoms with E-state index < -0.39 is 0 Å². The number of aromatic nitrogens is 3. The Morgan fingerprint density at radius 1 is 1.50 bits per heavy atom. The quantitative estimate of drug-likeness (QED) is 0.945. The van der Waals surface area contributed by atoms with Gasteiger partial charge in [-0.15, -0.1) is 0 Å². The van der Waals surface area contributed by atoms with Crippen molar-refractivity contribution in [3.63, 3.8) is 0 Å². The fourth-order valence-corrected chi connectivity index (χ4v) is 1.99. The Hall–Kier alpha value is -1.69. The smallest absolute Gasteiger partial charge is 0.254 e. The van der Waals surface area contributed by atoms with Gasteiger partial charge in [-0.2, -0.15) is 5.10 Å². The largest absolute Gasteiger partial charge is 0.334 e. The van der Waals surface area contributed by atoms with Crippen molar-refractivity contribution in [2.45, 2.75) is 13.5 Å². The zero-order chi connectivity index (χ0) is 13.1. The van der Waals surface area contributed by atoms with Crippen LogP contribution in [-0.2, 0) is 6.54 Å². The number of carbonyl (C=O) groups is 1. The molecule has 1 N–H and O–H groups in total. The molecule has 0 aliphatic carbocycles. The summed E-state index contributed by atoms with van der Waals surface area (Å²) >= 11 is 3.38. The first-order chi connectivity index (χ1) is 8.58. The molecule has 6 heteroatoms. The second-order valence-electron chi connectivity index (χ2n) is 4.05. The van der Waals surface area contributed by atoms with E-state index in [2.05, 4.69) is 31.1 Å². The zero-order valence-corrected chi connectivity index (χ0v) is 11.7. The zero-order valence-electron chi connectivity index (χ0n) is 10.1. The molecule has 18 heavy (non-hydrogen) atoms. The Labute approximate surface area is 113 Å². The molecule has 0 spiro atoms. The van der Waals surface area contributed by atoms with Crippen molar-refractivity contribution in [1.82, 2.24) is 20.1 Å². The standard InChI is InChI=1S/C12H13BrN4O/c1-8-3-4-9(13)5-10(8)12(18)17(2)6-11-14-7-15-16-11/h3-5,7H,6H2,1-2H3,(H,14,15,16). The Morgan fingerprint density at radius 2 is 2.28 bits per heavy atom. The van der Waals surface area contributed by atoms with Crippen LogP contribution in [0.4, 0.5) is 0 Å². The van der Waals surface area contributed by atoms with Gasteiger partial charge in [0.1, 0.15) is 12.2 Å². The summed E-state index contributed by atoms with van der Waals surface area (Å²) in [5.74, 6) is 0.628. The average molecular weight is 309 g/mol. The van der Waals surface area contributed by atoms with Crippen LogP contribution in [0.2, 0.25) is 0 Å². The molecule has 0 saturated carbocycles. The third kappa shape index (κ3) is 2.76. The summed E-state index contributed by atoms with van der Waals surface area (Å²) in [6, 6.07) is 5.66. The van der Waals surface area contributed by atoms with Crippen molar-refractivity contribution < 1.29 is 4.79 Å². The Kier molecular flexibility index (Phi) is 3.76. The normalized spacial score (nSPS) is 10.4. The summed E-state index contributed by atoms with van der Waals surface area (Å²) in [4.78, 5) is 17.9. The van der Waals surface area contributed by atoms with Gasteiger partial charge in [-0.1, -0.05) is 22.0 Å². The minimum absolute atomic E-state index is 0.0369. The minimum Gasteiger partial charge on any atom is -0.334 e. The maximum absolute atomic E-state index is 12.3. The summed E-state index contributed by atoms with van der Waals surface area (Å²) < 4.78 is 0.893. The van der Waals surface area contributed by atoms with Gasteiger partial charge in [0.2, 0.25) is 0 Å². The van der Waals surface area contributed by atoms with Crippen LogP contribution < -0.4 is 0 Å². The van der Waals surface area contributed by atoms with Gasteiger partial charge in [0, 0.05) is 17.1 Å². The Balaban J connectivity index is 2.17. The summed E-state index contributed by atoms with van der Waals surface area (Å²) in [7, 11) is 1.74. The predicted octanol–water partition coefficient (Wildman–Crippen LogP) is 2.15. The lowest BCUT2D eigenvalue weighted by molar-refractivity contribution is 0.0781. The summed E-state index contributed by atoms with van der Waals surface area (Å²) in [5.41, 5.74) is 1.64. The molecule has 1 amide bonds. The molecule has 94 valence electrons. The lowest BCUT2D eigenvalue weighted by Crippen LogP contribution is -2.27. The Morgan fingerprint density at radius 3 is 2.94 bits per heavy atom. The molecule has 0 unspecified atom stereocenters. The molecule has 2 rings (SSSR count). The van der Waals surface area contributed by atoms with Gasteiger partial charge in [-0.25, -0.2) is 4.98 Å². The van der Waals surface area contributed by atoms with Crippen LogP contribution in [-0.4, -0.2) is 33.0 Å². The van der Waals surface area contributed by atoms with Crippen molar-refractivity contribution in [2.24, 2.45) is 0 Å². The summed E-state index contributed by atoms with van der Waals surface area (Å²) in [6.45, 7) is 2.33. The van der Waals surface area contributed by atoms with Crippen LogP contribution in [0.15, 0.2) is 29.0 Å². The van der Waals surface area contributed by atoms with E-state index in [1.165, 1.54) is 6.33 Å². The van der Waals surface area contributed by atoms with Gasteiger partial charge in [-0.05, 0) is 24.6 Å². The molecule has 0 saturated heterocycles. The number of aromatic amines is 1. The number of hydrogen-bond acceptors (Lipinski definition) is 3. The Bertz CT molecular complexity index is 553. The number of halogens is 1. The van der Waals surface area contributed by atoms with Crippen molar-refractivity contribution in [3.8, 4) is 0 Å². The number of amides is 1. The molecule has 2 aromatic rings. The molecule has 0 aliphatic heterocycles. The maximum atomic E-state index is 12.3. The molecule has 5 nitrogen and oxygen atoms in total. The van der Waals surface area contributed by atoms with Gasteiger partial charge in [0.25, 0.3) is 5.91 Å². The molecule has 1 aromatic carbocycles. The first-order valence-corrected chi connectivity index (χ1v) is 6.23. The van der Waals surface area contributed by atoms with E-state index in [1.54, 1.807) is 11.9 Å². The van der Waals surface area contributed by atoms with E-state index in [0.717, 1.165) is 10.0 Å². The number of nitrogens with zero attached hydrogens (tertiary/aromatic N) is 3. The van der Waals surface area contributed by atoms with E-state index in [9.17, 15) is 4.79 Å². The van der Waals surface area contributed by atoms with Crippen molar-refractivity contribution in [1.29, 1.82) is 0 Å². The highest BCUT2D eigenvalue weighted by molar-refractivity contribution is 9.10. The molecular weight excluding hydrogens is 296 g/mol. The van der Waals surface area contributed by atoms with Crippen molar-refractivity contribution in [2.75, 3.05) is 7.05 Å². The van der Waals surface area contributed by atoms with Crippen molar-refractivity contribution in [3.05, 3.63) is 46.0 Å². The number of benzene rings is 1. The van der Waals surface area contributed by atoms with Gasteiger partial charge < -0.3 is 4.90 Å². The minimum atomic E-state index is -0.0369. The van der Waals surface area contributed by atoms with Crippen LogP contribution in [0.25, 0.3) is 0 Å². The number of H-pyrrole nitrogens is 1. The van der Waals surface area contributed by atoms with Crippen LogP contribution in [0.1, 0.15) is 21.7 Å². The van der Waals surface area contributed by atoms with E-state index in [-0.39, 0.29) is 5.91 Å². The van der Waals surface area contributed by atoms with Crippen molar-refractivity contribution >= 4 is 21.8 Å². The second kappa shape index (κ2) is 5.30. The van der Waals surface area contributed by atoms with E-state index >= 15 is 0 Å². The highest BCUT2D eigenvalue weighted by atomic mass is 79.9. The predicted molar refractivity (Wildman–Crippen MR) is 71.1 cm³/mol. The highest BCUT2D eigenvalue weighted by Gasteiger charge is 2.15. The topological polar surface area (TPSA) is 61.9 Å². The molecule has 0 radical (unpaired) electrons. The van der Waals surface area contributed by atoms with Crippen LogP contribution in [0.3, 0.4) is 0 Å². The van der Waals surface area contributed by atoms with Crippen LogP contribution in [0.5, 0.6) is 0 Å². The molecule has 1 heterocycles. The first kappa shape index (κ1) is 12.8. The monoisotopic (exact) mass is 308 g/mol. The number of rotatable bonds is 3.